The minimum Gasteiger partial charge on any atom is -0.458 e. The number of hydrogen-bond donors (Lipinski definition) is 0. The molecule has 0 bridgehead atoms. The Hall–Kier alpha value is -8.39. The summed E-state index contributed by atoms with van der Waals surface area (Å²) in [5.74, 6) is 2.03. The van der Waals surface area contributed by atoms with Gasteiger partial charge in [0.15, 0.2) is 0 Å². The molecule has 0 unspecified atom stereocenters. The Morgan fingerprint density at radius 2 is 0.740 bits per heavy atom. The summed E-state index contributed by atoms with van der Waals surface area (Å²) < 4.78 is 98.4. The maximum Gasteiger partial charge on any atom is 0.273 e. The zero-order chi connectivity index (χ0) is 48.1. The van der Waals surface area contributed by atoms with Crippen LogP contribution >= 0.6 is 22.7 Å². The molecule has 6 nitrogen and oxygen atoms in total. The number of fused-ring (bicyclic) bond motifs is 16. The largest absolute Gasteiger partial charge is 0.458 e. The van der Waals surface area contributed by atoms with Gasteiger partial charge in [0.1, 0.15) is 80.6 Å². The van der Waals surface area contributed by atoms with Gasteiger partial charge in [-0.2, -0.15) is 0 Å². The number of ether oxygens (including phenoxy) is 4. The van der Waals surface area contributed by atoms with Crippen LogP contribution in [0, 0.1) is 23.3 Å². The van der Waals surface area contributed by atoms with Gasteiger partial charge in [-0.25, -0.2) is 17.6 Å². The van der Waals surface area contributed by atoms with E-state index >= 15 is 17.6 Å². The summed E-state index contributed by atoms with van der Waals surface area (Å²) in [6.45, 7) is -1.35. The first-order chi connectivity index (χ1) is 35.9. The highest BCUT2D eigenvalue weighted by Crippen LogP contribution is 2.50. The smallest absolute Gasteiger partial charge is 0.273 e. The quantitative estimate of drug-likeness (QED) is 0.127. The zero-order valence-electron chi connectivity index (χ0n) is 37.7. The van der Waals surface area contributed by atoms with E-state index in [0.717, 1.165) is 63.1 Å². The normalized spacial score (nSPS) is 14.3. The molecule has 0 fully saturated rings. The molecule has 8 heterocycles. The molecule has 6 aliphatic rings. The Morgan fingerprint density at radius 1 is 0.342 bits per heavy atom. The minimum atomic E-state index is -0.789. The molecule has 0 saturated heterocycles. The summed E-state index contributed by atoms with van der Waals surface area (Å²) in [6.07, 6.45) is 0. The number of hydrogen-bond acceptors (Lipinski definition) is 8. The standard InChI is InChI=1S/C58H27B3F4N2O4S2/c62-34-12-5-13-35(63)53(34)66-38-16-7-17-39-50(38)59(30-24-32-46(26-40(30)66)68-42-18-8-20-44-51(42)60(32)57-55(70-44)28-10-1-3-22-48(28)72-57)31-25-33-47(27-41(31)67(39)54-36(64)14-6-15-37(54)65)69-43-19-9-21-45-52(43)61(33)58-56(71-45)29-11-2-4-23-49(29)73-58/h1-27H. The third kappa shape index (κ3) is 5.19. The van der Waals surface area contributed by atoms with Crippen molar-refractivity contribution in [3.05, 3.63) is 187 Å². The Bertz CT molecular complexity index is 4060. The molecule has 342 valence electrons. The predicted octanol–water partition coefficient (Wildman–Crippen LogP) is 10.2. The van der Waals surface area contributed by atoms with Crippen LogP contribution in [0.25, 0.3) is 20.2 Å². The first-order valence-corrected chi connectivity index (χ1v) is 25.5. The van der Waals surface area contributed by atoms with E-state index in [1.165, 1.54) is 36.4 Å². The molecule has 2 aromatic heterocycles. The molecular formula is C58H27B3F4N2O4S2. The van der Waals surface area contributed by atoms with Crippen molar-refractivity contribution in [3.8, 4) is 46.0 Å². The van der Waals surface area contributed by atoms with Gasteiger partial charge in [-0.05, 0) is 112 Å². The Morgan fingerprint density at radius 3 is 1.19 bits per heavy atom. The fourth-order valence-corrected chi connectivity index (χ4v) is 15.0. The van der Waals surface area contributed by atoms with Crippen molar-refractivity contribution in [1.29, 1.82) is 0 Å². The molecule has 15 heteroatoms. The lowest BCUT2D eigenvalue weighted by Gasteiger charge is -2.45. The van der Waals surface area contributed by atoms with Crippen molar-refractivity contribution in [2.75, 3.05) is 9.80 Å². The number of benzene rings is 9. The molecule has 0 N–H and O–H groups in total. The Labute approximate surface area is 422 Å². The van der Waals surface area contributed by atoms with Gasteiger partial charge in [-0.3, -0.25) is 0 Å². The van der Waals surface area contributed by atoms with Crippen LogP contribution < -0.4 is 76.5 Å². The van der Waals surface area contributed by atoms with E-state index in [9.17, 15) is 0 Å². The zero-order valence-corrected chi connectivity index (χ0v) is 39.3. The van der Waals surface area contributed by atoms with Crippen molar-refractivity contribution in [2.24, 2.45) is 0 Å². The van der Waals surface area contributed by atoms with Crippen molar-refractivity contribution >= 4 is 145 Å². The van der Waals surface area contributed by atoms with Crippen LogP contribution in [0.2, 0.25) is 0 Å². The number of para-hydroxylation sites is 2. The van der Waals surface area contributed by atoms with Gasteiger partial charge in [0.25, 0.3) is 20.1 Å². The highest BCUT2D eigenvalue weighted by atomic mass is 32.1. The molecule has 73 heavy (non-hydrogen) atoms. The second kappa shape index (κ2) is 14.2. The van der Waals surface area contributed by atoms with Crippen LogP contribution in [-0.4, -0.2) is 20.1 Å². The van der Waals surface area contributed by atoms with Gasteiger partial charge >= 0.3 is 0 Å². The number of anilines is 6. The third-order valence-electron chi connectivity index (χ3n) is 15.4. The molecule has 0 saturated carbocycles. The fourth-order valence-electron chi connectivity index (χ4n) is 12.5. The molecule has 0 amide bonds. The Balaban J connectivity index is 0.989. The van der Waals surface area contributed by atoms with E-state index in [2.05, 4.69) is 36.4 Å². The topological polar surface area (TPSA) is 43.4 Å². The summed E-state index contributed by atoms with van der Waals surface area (Å²) in [5.41, 5.74) is 6.70. The van der Waals surface area contributed by atoms with Crippen molar-refractivity contribution < 1.29 is 36.5 Å². The SMILES string of the molecule is Fc1cccc(F)c1N1c2cc3c(cc2B2c4cc5c(cc4N(c4c(F)cccc4F)c4cccc1c42)Oc1cccc2c1B5c1sc4ccccc4c1O2)B1c2sc4ccccc4c2Oc2cccc(c21)O3. The highest BCUT2D eigenvalue weighted by molar-refractivity contribution is 7.33. The monoisotopic (exact) mass is 988 g/mol. The maximum absolute atomic E-state index is 16.7. The predicted molar refractivity (Wildman–Crippen MR) is 286 cm³/mol. The van der Waals surface area contributed by atoms with Gasteiger partial charge in [0.2, 0.25) is 0 Å². The van der Waals surface area contributed by atoms with Crippen LogP contribution in [0.3, 0.4) is 0 Å². The average molecular weight is 988 g/mol. The summed E-state index contributed by atoms with van der Waals surface area (Å²) >= 11 is 3.33. The average Bonchev–Trinajstić information content (AvgIpc) is 3.97. The van der Waals surface area contributed by atoms with Crippen LogP contribution in [0.15, 0.2) is 164 Å². The van der Waals surface area contributed by atoms with E-state index in [-0.39, 0.29) is 24.8 Å². The number of rotatable bonds is 2. The second-order valence-electron chi connectivity index (χ2n) is 19.0. The lowest BCUT2D eigenvalue weighted by Crippen LogP contribution is -2.65. The van der Waals surface area contributed by atoms with Crippen molar-refractivity contribution in [3.63, 3.8) is 0 Å². The van der Waals surface area contributed by atoms with Gasteiger partial charge in [-0.15, -0.1) is 22.7 Å². The fraction of sp³-hybridized carbons (Fsp3) is 0. The molecule has 11 aromatic rings. The van der Waals surface area contributed by atoms with Gasteiger partial charge in [0, 0.05) is 75.5 Å². The summed E-state index contributed by atoms with van der Waals surface area (Å²) in [6, 6.07) is 49.0. The van der Waals surface area contributed by atoms with Gasteiger partial charge < -0.3 is 28.7 Å². The molecule has 0 spiro atoms. The minimum absolute atomic E-state index is 0.302. The summed E-state index contributed by atoms with van der Waals surface area (Å²) in [5, 5.41) is 2.00. The number of thiophene rings is 2. The second-order valence-corrected chi connectivity index (χ2v) is 21.2. The lowest BCUT2D eigenvalue weighted by molar-refractivity contribution is 0.467. The van der Waals surface area contributed by atoms with Gasteiger partial charge in [0.05, 0.1) is 0 Å². The van der Waals surface area contributed by atoms with E-state index in [4.69, 9.17) is 18.9 Å². The first-order valence-electron chi connectivity index (χ1n) is 23.8. The highest BCUT2D eigenvalue weighted by Gasteiger charge is 2.50. The molecular weight excluding hydrogens is 961 g/mol. The molecule has 0 radical (unpaired) electrons. The number of nitrogens with zero attached hydrogens (tertiary/aromatic N) is 2. The molecule has 6 aliphatic heterocycles. The maximum atomic E-state index is 16.7. The molecule has 0 aliphatic carbocycles. The van der Waals surface area contributed by atoms with E-state index in [0.29, 0.717) is 73.6 Å². The molecule has 17 rings (SSSR count). The third-order valence-corrected chi connectivity index (χ3v) is 17.8. The summed E-state index contributed by atoms with van der Waals surface area (Å²) in [4.78, 5) is 3.21. The van der Waals surface area contributed by atoms with E-state index in [1.807, 2.05) is 84.9 Å². The van der Waals surface area contributed by atoms with Crippen molar-refractivity contribution in [1.82, 2.24) is 0 Å². The van der Waals surface area contributed by atoms with E-state index < -0.39 is 30.0 Å². The Kier molecular flexibility index (Phi) is 7.82. The van der Waals surface area contributed by atoms with Crippen molar-refractivity contribution in [2.45, 2.75) is 0 Å². The summed E-state index contributed by atoms with van der Waals surface area (Å²) in [7, 11) is 0. The van der Waals surface area contributed by atoms with Crippen LogP contribution in [0.5, 0.6) is 46.0 Å². The van der Waals surface area contributed by atoms with Crippen LogP contribution in [0.1, 0.15) is 0 Å². The van der Waals surface area contributed by atoms with Gasteiger partial charge in [-0.1, -0.05) is 66.7 Å². The van der Waals surface area contributed by atoms with Crippen LogP contribution in [0.4, 0.5) is 51.7 Å². The van der Waals surface area contributed by atoms with Crippen LogP contribution in [-0.2, 0) is 0 Å². The first kappa shape index (κ1) is 40.2. The number of halogens is 4. The lowest BCUT2D eigenvalue weighted by atomic mass is 9.30. The van der Waals surface area contributed by atoms with E-state index in [1.54, 1.807) is 38.5 Å². The molecule has 0 atom stereocenters. The molecule has 9 aromatic carbocycles.